The molecule has 6 aromatic carbocycles. The van der Waals surface area contributed by atoms with Crippen molar-refractivity contribution in [2.45, 2.75) is 5.92 Å². The Hall–Kier alpha value is -5.90. The lowest BCUT2D eigenvalue weighted by atomic mass is 9.88. The number of para-hydroxylation sites is 1. The molecule has 194 valence electrons. The van der Waals surface area contributed by atoms with Gasteiger partial charge in [0.1, 0.15) is 0 Å². The standard InChI is InChI=1S/C39H23N3/c1-41-29-10-7-11-30(23-29)42-37-15-5-4-13-32(37)36-22-27(17-19-38(36)42)26-16-18-34-35(21-26)31-12-2-3-14-33(31)39(34)28-9-6-8-25(20-28)24-40/h2-23,39H. The SMILES string of the molecule is [C-]#[N+]c1cccc(-n2c3ccccc3c3cc(-c4ccc5c(c4)-c4ccccc4C5c4cccc(C#N)c4)ccc32)c1. The number of aromatic nitrogens is 1. The number of nitrogens with zero attached hydrogens (tertiary/aromatic N) is 3. The average Bonchev–Trinajstić information content (AvgIpc) is 3.57. The van der Waals surface area contributed by atoms with E-state index >= 15 is 0 Å². The molecule has 0 fully saturated rings. The van der Waals surface area contributed by atoms with Crippen molar-refractivity contribution in [2.75, 3.05) is 0 Å². The molecule has 0 saturated carbocycles. The Balaban J connectivity index is 1.30. The van der Waals surface area contributed by atoms with Crippen molar-refractivity contribution in [3.8, 4) is 34.0 Å². The lowest BCUT2D eigenvalue weighted by Gasteiger charge is -2.15. The minimum Gasteiger partial charge on any atom is -0.311 e. The zero-order chi connectivity index (χ0) is 28.2. The van der Waals surface area contributed by atoms with Gasteiger partial charge in [-0.2, -0.15) is 5.26 Å². The zero-order valence-electron chi connectivity index (χ0n) is 22.6. The Morgan fingerprint density at radius 2 is 1.38 bits per heavy atom. The predicted octanol–water partition coefficient (Wildman–Crippen LogP) is 10.0. The third kappa shape index (κ3) is 3.58. The maximum absolute atomic E-state index is 9.53. The minimum absolute atomic E-state index is 0.102. The highest BCUT2D eigenvalue weighted by molar-refractivity contribution is 6.10. The van der Waals surface area contributed by atoms with E-state index in [1.165, 1.54) is 38.6 Å². The Bertz CT molecular complexity index is 2290. The van der Waals surface area contributed by atoms with Gasteiger partial charge in [0.15, 0.2) is 5.69 Å². The first-order valence-corrected chi connectivity index (χ1v) is 14.0. The highest BCUT2D eigenvalue weighted by Crippen LogP contribution is 2.49. The van der Waals surface area contributed by atoms with E-state index in [0.717, 1.165) is 27.8 Å². The lowest BCUT2D eigenvalue weighted by Crippen LogP contribution is -1.99. The van der Waals surface area contributed by atoms with Crippen LogP contribution in [0.5, 0.6) is 0 Å². The van der Waals surface area contributed by atoms with Crippen molar-refractivity contribution in [1.82, 2.24) is 4.57 Å². The Kier molecular flexibility index (Phi) is 5.33. The van der Waals surface area contributed by atoms with Crippen LogP contribution in [-0.4, -0.2) is 4.57 Å². The van der Waals surface area contributed by atoms with E-state index in [1.807, 2.05) is 36.4 Å². The van der Waals surface area contributed by atoms with Gasteiger partial charge < -0.3 is 4.57 Å². The van der Waals surface area contributed by atoms with E-state index in [9.17, 15) is 5.26 Å². The molecule has 0 bridgehead atoms. The second-order valence-electron chi connectivity index (χ2n) is 10.8. The molecule has 1 unspecified atom stereocenters. The van der Waals surface area contributed by atoms with Crippen molar-refractivity contribution in [1.29, 1.82) is 5.26 Å². The highest BCUT2D eigenvalue weighted by atomic mass is 15.0. The number of nitriles is 1. The zero-order valence-corrected chi connectivity index (χ0v) is 22.6. The summed E-state index contributed by atoms with van der Waals surface area (Å²) in [6.07, 6.45) is 0. The highest BCUT2D eigenvalue weighted by Gasteiger charge is 2.30. The summed E-state index contributed by atoms with van der Waals surface area (Å²) in [6.45, 7) is 7.50. The van der Waals surface area contributed by atoms with Gasteiger partial charge in [0.25, 0.3) is 0 Å². The number of hydrogen-bond acceptors (Lipinski definition) is 1. The van der Waals surface area contributed by atoms with E-state index < -0.39 is 0 Å². The third-order valence-electron chi connectivity index (χ3n) is 8.50. The normalized spacial score (nSPS) is 13.4. The van der Waals surface area contributed by atoms with Gasteiger partial charge in [0, 0.05) is 22.4 Å². The topological polar surface area (TPSA) is 33.1 Å². The maximum Gasteiger partial charge on any atom is 0.189 e. The molecule has 8 rings (SSSR count). The second kappa shape index (κ2) is 9.34. The summed E-state index contributed by atoms with van der Waals surface area (Å²) >= 11 is 0. The van der Waals surface area contributed by atoms with Gasteiger partial charge >= 0.3 is 0 Å². The van der Waals surface area contributed by atoms with Crippen LogP contribution in [0.3, 0.4) is 0 Å². The monoisotopic (exact) mass is 533 g/mol. The van der Waals surface area contributed by atoms with Crippen molar-refractivity contribution < 1.29 is 0 Å². The Labute approximate surface area is 244 Å². The predicted molar refractivity (Wildman–Crippen MR) is 170 cm³/mol. The van der Waals surface area contributed by atoms with Crippen LogP contribution in [0.25, 0.3) is 54.6 Å². The van der Waals surface area contributed by atoms with Crippen LogP contribution >= 0.6 is 0 Å². The van der Waals surface area contributed by atoms with Crippen LogP contribution < -0.4 is 0 Å². The van der Waals surface area contributed by atoms with Gasteiger partial charge in [0.05, 0.1) is 29.2 Å². The van der Waals surface area contributed by atoms with Crippen LogP contribution in [0.4, 0.5) is 5.69 Å². The van der Waals surface area contributed by atoms with Crippen molar-refractivity contribution in [2.24, 2.45) is 0 Å². The summed E-state index contributed by atoms with van der Waals surface area (Å²) < 4.78 is 2.25. The summed E-state index contributed by atoms with van der Waals surface area (Å²) in [5, 5.41) is 11.9. The molecule has 1 aromatic heterocycles. The fraction of sp³-hybridized carbons (Fsp3) is 0.0256. The first-order valence-electron chi connectivity index (χ1n) is 14.0. The van der Waals surface area contributed by atoms with E-state index in [2.05, 4.69) is 113 Å². The second-order valence-corrected chi connectivity index (χ2v) is 10.8. The van der Waals surface area contributed by atoms with Gasteiger partial charge in [-0.05, 0) is 87.5 Å². The fourth-order valence-electron chi connectivity index (χ4n) is 6.66. The van der Waals surface area contributed by atoms with E-state index in [-0.39, 0.29) is 5.92 Å². The van der Waals surface area contributed by atoms with Crippen LogP contribution in [0, 0.1) is 17.9 Å². The molecule has 0 N–H and O–H groups in total. The van der Waals surface area contributed by atoms with Crippen molar-refractivity contribution >= 4 is 27.5 Å². The molecule has 0 aliphatic heterocycles. The van der Waals surface area contributed by atoms with Gasteiger partial charge in [0.2, 0.25) is 0 Å². The smallest absolute Gasteiger partial charge is 0.189 e. The number of hydrogen-bond donors (Lipinski definition) is 0. The summed E-state index contributed by atoms with van der Waals surface area (Å²) in [7, 11) is 0. The molecule has 1 aliphatic carbocycles. The van der Waals surface area contributed by atoms with Crippen LogP contribution in [0.15, 0.2) is 133 Å². The fourth-order valence-corrected chi connectivity index (χ4v) is 6.66. The number of fused-ring (bicyclic) bond motifs is 6. The average molecular weight is 534 g/mol. The summed E-state index contributed by atoms with van der Waals surface area (Å²) in [5.41, 5.74) is 13.1. The molecule has 0 radical (unpaired) electrons. The summed E-state index contributed by atoms with van der Waals surface area (Å²) in [6, 6.07) is 48.7. The van der Waals surface area contributed by atoms with E-state index in [0.29, 0.717) is 11.3 Å². The van der Waals surface area contributed by atoms with Crippen LogP contribution in [0.2, 0.25) is 0 Å². The van der Waals surface area contributed by atoms with Gasteiger partial charge in [-0.1, -0.05) is 84.9 Å². The molecule has 0 saturated heterocycles. The van der Waals surface area contributed by atoms with Crippen LogP contribution in [0.1, 0.15) is 28.2 Å². The molecule has 3 nitrogen and oxygen atoms in total. The Morgan fingerprint density at radius 3 is 2.29 bits per heavy atom. The largest absolute Gasteiger partial charge is 0.311 e. The number of benzene rings is 6. The number of rotatable bonds is 3. The molecule has 1 heterocycles. The molecular weight excluding hydrogens is 510 g/mol. The van der Waals surface area contributed by atoms with Gasteiger partial charge in [-0.25, -0.2) is 4.85 Å². The van der Waals surface area contributed by atoms with Crippen molar-refractivity contribution in [3.05, 3.63) is 167 Å². The first kappa shape index (κ1) is 23.9. The molecule has 1 atom stereocenters. The molecule has 0 spiro atoms. The summed E-state index contributed by atoms with van der Waals surface area (Å²) in [5.74, 6) is 0.102. The summed E-state index contributed by atoms with van der Waals surface area (Å²) in [4.78, 5) is 3.66. The molecule has 1 aliphatic rings. The quantitative estimate of drug-likeness (QED) is 0.208. The molecular formula is C39H23N3. The Morgan fingerprint density at radius 1 is 0.619 bits per heavy atom. The molecule has 7 aromatic rings. The molecule has 42 heavy (non-hydrogen) atoms. The third-order valence-corrected chi connectivity index (χ3v) is 8.50. The first-order chi connectivity index (χ1) is 20.7. The minimum atomic E-state index is 0.102. The van der Waals surface area contributed by atoms with E-state index in [4.69, 9.17) is 6.57 Å². The molecule has 0 amide bonds. The van der Waals surface area contributed by atoms with Crippen LogP contribution in [-0.2, 0) is 0 Å². The van der Waals surface area contributed by atoms with Gasteiger partial charge in [-0.15, -0.1) is 0 Å². The van der Waals surface area contributed by atoms with E-state index in [1.54, 1.807) is 0 Å². The van der Waals surface area contributed by atoms with Crippen molar-refractivity contribution in [3.63, 3.8) is 0 Å². The molecule has 3 heteroatoms. The van der Waals surface area contributed by atoms with Gasteiger partial charge in [-0.3, -0.25) is 0 Å². The maximum atomic E-state index is 9.53. The lowest BCUT2D eigenvalue weighted by molar-refractivity contribution is 1.01.